The van der Waals surface area contributed by atoms with E-state index in [-0.39, 0.29) is 11.2 Å². The van der Waals surface area contributed by atoms with Gasteiger partial charge in [-0.25, -0.2) is 0 Å². The summed E-state index contributed by atoms with van der Waals surface area (Å²) >= 11 is 0. The van der Waals surface area contributed by atoms with Gasteiger partial charge in [0.1, 0.15) is 0 Å². The van der Waals surface area contributed by atoms with Crippen LogP contribution in [0.15, 0.2) is 18.2 Å². The van der Waals surface area contributed by atoms with Gasteiger partial charge in [-0.1, -0.05) is 26.0 Å². The maximum absolute atomic E-state index is 10.8. The first-order chi connectivity index (χ1) is 7.41. The summed E-state index contributed by atoms with van der Waals surface area (Å²) in [7, 11) is -1.67. The topological polar surface area (TPSA) is 83.6 Å². The molecule has 1 aromatic rings. The lowest BCUT2D eigenvalue weighted by atomic mass is 9.79. The van der Waals surface area contributed by atoms with Gasteiger partial charge in [0, 0.05) is 11.6 Å². The molecule has 1 rings (SSSR count). The Kier molecular flexibility index (Phi) is 4.03. The van der Waals surface area contributed by atoms with Crippen molar-refractivity contribution in [3.63, 3.8) is 0 Å². The molecule has 16 heavy (non-hydrogen) atoms. The fourth-order valence-corrected chi connectivity index (χ4v) is 1.52. The molecule has 0 aromatic heterocycles. The average molecular weight is 223 g/mol. The van der Waals surface area contributed by atoms with Crippen LogP contribution in [-0.2, 0) is 6.42 Å². The minimum Gasteiger partial charge on any atom is -0.423 e. The summed E-state index contributed by atoms with van der Waals surface area (Å²) in [4.78, 5) is 10.3. The van der Waals surface area contributed by atoms with Crippen LogP contribution in [0.2, 0.25) is 0 Å². The lowest BCUT2D eigenvalue weighted by molar-refractivity contribution is -0.385. The molecule has 2 N–H and O–H groups in total. The molecule has 0 radical (unpaired) electrons. The average Bonchev–Trinajstić information content (AvgIpc) is 2.16. The van der Waals surface area contributed by atoms with Gasteiger partial charge in [0.25, 0.3) is 5.69 Å². The number of nitro groups is 1. The number of nitrogens with zero attached hydrogens (tertiary/aromatic N) is 1. The molecule has 0 atom stereocenters. The summed E-state index contributed by atoms with van der Waals surface area (Å²) in [6.45, 7) is 3.94. The van der Waals surface area contributed by atoms with Crippen molar-refractivity contribution in [3.05, 3.63) is 33.9 Å². The van der Waals surface area contributed by atoms with Crippen molar-refractivity contribution in [2.24, 2.45) is 5.92 Å². The third kappa shape index (κ3) is 3.05. The fourth-order valence-electron chi connectivity index (χ4n) is 1.52. The Balaban J connectivity index is 3.14. The van der Waals surface area contributed by atoms with Crippen molar-refractivity contribution in [3.8, 4) is 0 Å². The van der Waals surface area contributed by atoms with Crippen LogP contribution in [0.4, 0.5) is 5.69 Å². The molecule has 0 saturated carbocycles. The number of benzene rings is 1. The molecule has 0 bridgehead atoms. The van der Waals surface area contributed by atoms with Gasteiger partial charge in [-0.3, -0.25) is 10.1 Å². The molecule has 0 aliphatic carbocycles. The predicted molar refractivity (Wildman–Crippen MR) is 61.5 cm³/mol. The zero-order valence-corrected chi connectivity index (χ0v) is 9.25. The molecule has 0 saturated heterocycles. The Bertz CT molecular complexity index is 392. The zero-order chi connectivity index (χ0) is 12.3. The second kappa shape index (κ2) is 5.09. The van der Waals surface area contributed by atoms with Crippen molar-refractivity contribution in [1.29, 1.82) is 0 Å². The molecule has 6 heteroatoms. The highest BCUT2D eigenvalue weighted by atomic mass is 16.6. The number of rotatable bonds is 4. The quantitative estimate of drug-likeness (QED) is 0.441. The smallest absolute Gasteiger partial charge is 0.423 e. The van der Waals surface area contributed by atoms with Crippen molar-refractivity contribution in [2.45, 2.75) is 20.3 Å². The standard InChI is InChI=1S/C10H14BNO4/c1-7(2)5-8-3-4-9(11(13)14)6-10(8)12(15)16/h3-4,6-7,13-14H,5H2,1-2H3. The van der Waals surface area contributed by atoms with Crippen molar-refractivity contribution < 1.29 is 15.0 Å². The highest BCUT2D eigenvalue weighted by molar-refractivity contribution is 6.58. The molecule has 0 aliphatic rings. The largest absolute Gasteiger partial charge is 0.488 e. The molecule has 0 fully saturated rings. The van der Waals surface area contributed by atoms with E-state index in [2.05, 4.69) is 0 Å². The summed E-state index contributed by atoms with van der Waals surface area (Å²) in [6, 6.07) is 4.28. The van der Waals surface area contributed by atoms with Gasteiger partial charge >= 0.3 is 7.12 Å². The van der Waals surface area contributed by atoms with Gasteiger partial charge in [0.15, 0.2) is 0 Å². The fraction of sp³-hybridized carbons (Fsp3) is 0.400. The minimum atomic E-state index is -1.67. The second-order valence-corrected chi connectivity index (χ2v) is 4.12. The highest BCUT2D eigenvalue weighted by Gasteiger charge is 2.19. The predicted octanol–water partition coefficient (Wildman–Crippen LogP) is 0.473. The molecule has 0 amide bonds. The summed E-state index contributed by atoms with van der Waals surface area (Å²) in [6.07, 6.45) is 0.595. The Morgan fingerprint density at radius 1 is 1.44 bits per heavy atom. The summed E-state index contributed by atoms with van der Waals surface area (Å²) < 4.78 is 0. The van der Waals surface area contributed by atoms with E-state index in [0.29, 0.717) is 17.9 Å². The van der Waals surface area contributed by atoms with Gasteiger partial charge in [-0.2, -0.15) is 0 Å². The molecular formula is C10H14BNO4. The molecule has 0 unspecified atom stereocenters. The number of nitro benzene ring substituents is 1. The van der Waals surface area contributed by atoms with E-state index in [0.717, 1.165) is 0 Å². The van der Waals surface area contributed by atoms with E-state index in [4.69, 9.17) is 10.0 Å². The zero-order valence-electron chi connectivity index (χ0n) is 9.25. The number of hydrogen-bond donors (Lipinski definition) is 2. The van der Waals surface area contributed by atoms with Gasteiger partial charge < -0.3 is 10.0 Å². The lowest BCUT2D eigenvalue weighted by Crippen LogP contribution is -2.30. The van der Waals surface area contributed by atoms with Crippen LogP contribution in [0.5, 0.6) is 0 Å². The van der Waals surface area contributed by atoms with Crippen LogP contribution < -0.4 is 5.46 Å². The van der Waals surface area contributed by atoms with Gasteiger partial charge in [-0.15, -0.1) is 0 Å². The van der Waals surface area contributed by atoms with Crippen LogP contribution in [-0.4, -0.2) is 22.1 Å². The maximum atomic E-state index is 10.8. The minimum absolute atomic E-state index is 0.0562. The van der Waals surface area contributed by atoms with Crippen LogP contribution in [0, 0.1) is 16.0 Å². The molecule has 0 heterocycles. The summed E-state index contributed by atoms with van der Waals surface area (Å²) in [5.74, 6) is 0.309. The first-order valence-electron chi connectivity index (χ1n) is 5.05. The summed E-state index contributed by atoms with van der Waals surface area (Å²) in [5, 5.41) is 28.7. The first-order valence-corrected chi connectivity index (χ1v) is 5.05. The van der Waals surface area contributed by atoms with Crippen molar-refractivity contribution in [2.75, 3.05) is 0 Å². The second-order valence-electron chi connectivity index (χ2n) is 4.12. The van der Waals surface area contributed by atoms with Crippen molar-refractivity contribution >= 4 is 18.3 Å². The van der Waals surface area contributed by atoms with Crippen LogP contribution in [0.3, 0.4) is 0 Å². The first kappa shape index (κ1) is 12.7. The van der Waals surface area contributed by atoms with Crippen LogP contribution in [0.1, 0.15) is 19.4 Å². The van der Waals surface area contributed by atoms with E-state index in [1.807, 2.05) is 13.8 Å². The van der Waals surface area contributed by atoms with E-state index in [1.165, 1.54) is 12.1 Å². The third-order valence-corrected chi connectivity index (χ3v) is 2.23. The van der Waals surface area contributed by atoms with E-state index < -0.39 is 12.0 Å². The number of hydrogen-bond acceptors (Lipinski definition) is 4. The van der Waals surface area contributed by atoms with Crippen LogP contribution in [0.25, 0.3) is 0 Å². The highest BCUT2D eigenvalue weighted by Crippen LogP contribution is 2.20. The van der Waals surface area contributed by atoms with Gasteiger partial charge in [0.2, 0.25) is 0 Å². The van der Waals surface area contributed by atoms with E-state index >= 15 is 0 Å². The van der Waals surface area contributed by atoms with E-state index in [1.54, 1.807) is 6.07 Å². The monoisotopic (exact) mass is 223 g/mol. The lowest BCUT2D eigenvalue weighted by Gasteiger charge is -2.07. The normalized spacial score (nSPS) is 10.6. The molecule has 86 valence electrons. The Hall–Kier alpha value is -1.40. The Morgan fingerprint density at radius 3 is 2.50 bits per heavy atom. The molecular weight excluding hydrogens is 209 g/mol. The Morgan fingerprint density at radius 2 is 2.06 bits per heavy atom. The Labute approximate surface area is 94.0 Å². The molecule has 5 nitrogen and oxygen atoms in total. The molecule has 1 aromatic carbocycles. The van der Waals surface area contributed by atoms with Crippen molar-refractivity contribution in [1.82, 2.24) is 0 Å². The summed E-state index contributed by atoms with van der Waals surface area (Å²) in [5.41, 5.74) is 0.697. The SMILES string of the molecule is CC(C)Cc1ccc(B(O)O)cc1[N+](=O)[O-]. The van der Waals surface area contributed by atoms with Crippen LogP contribution >= 0.6 is 0 Å². The molecule has 0 spiro atoms. The van der Waals surface area contributed by atoms with Gasteiger partial charge in [-0.05, 0) is 17.8 Å². The third-order valence-electron chi connectivity index (χ3n) is 2.23. The van der Waals surface area contributed by atoms with Gasteiger partial charge in [0.05, 0.1) is 4.92 Å². The maximum Gasteiger partial charge on any atom is 0.488 e. The molecule has 0 aliphatic heterocycles. The van der Waals surface area contributed by atoms with E-state index in [9.17, 15) is 10.1 Å².